The highest BCUT2D eigenvalue weighted by atomic mass is 32.2. The number of nitrogens with zero attached hydrogens (tertiary/aromatic N) is 1. The van der Waals surface area contributed by atoms with Gasteiger partial charge in [-0.1, -0.05) is 12.8 Å². The maximum absolute atomic E-state index is 13.3. The van der Waals surface area contributed by atoms with Crippen LogP contribution in [-0.2, 0) is 10.0 Å². The van der Waals surface area contributed by atoms with Gasteiger partial charge in [0.05, 0.1) is 17.7 Å². The number of anilines is 1. The molecule has 2 aliphatic carbocycles. The first-order valence-electron chi connectivity index (χ1n) is 9.90. The van der Waals surface area contributed by atoms with Gasteiger partial charge in [-0.2, -0.15) is 4.31 Å². The molecule has 6 heteroatoms. The maximum atomic E-state index is 13.3. The second-order valence-corrected chi connectivity index (χ2v) is 10.3. The van der Waals surface area contributed by atoms with Crippen LogP contribution in [0, 0.1) is 17.3 Å². The predicted octanol–water partition coefficient (Wildman–Crippen LogP) is 3.65. The van der Waals surface area contributed by atoms with E-state index in [1.165, 1.54) is 51.7 Å². The van der Waals surface area contributed by atoms with Gasteiger partial charge < -0.3 is 10.5 Å². The molecule has 2 N–H and O–H groups in total. The van der Waals surface area contributed by atoms with Crippen LogP contribution >= 0.6 is 0 Å². The van der Waals surface area contributed by atoms with Gasteiger partial charge in [0, 0.05) is 13.1 Å². The molecule has 0 aromatic heterocycles. The monoisotopic (exact) mass is 378 g/mol. The van der Waals surface area contributed by atoms with Crippen molar-refractivity contribution in [3.05, 3.63) is 18.2 Å². The van der Waals surface area contributed by atoms with Crippen LogP contribution in [0.1, 0.15) is 51.4 Å². The Balaban J connectivity index is 1.57. The van der Waals surface area contributed by atoms with Crippen LogP contribution in [0.15, 0.2) is 23.1 Å². The SMILES string of the molecule is COc1ccc(S(=O)(=O)N2CCCCCC(C3CCC34CC4)C2)cc1N. The fourth-order valence-corrected chi connectivity index (χ4v) is 6.69. The number of benzene rings is 1. The van der Waals surface area contributed by atoms with E-state index in [0.717, 1.165) is 18.8 Å². The van der Waals surface area contributed by atoms with Crippen molar-refractivity contribution in [2.45, 2.75) is 56.3 Å². The third-order valence-electron chi connectivity index (χ3n) is 6.96. The molecular formula is C20H30N2O3S. The smallest absolute Gasteiger partial charge is 0.243 e. The molecule has 2 atom stereocenters. The Morgan fingerprint density at radius 3 is 2.58 bits per heavy atom. The summed E-state index contributed by atoms with van der Waals surface area (Å²) in [6.45, 7) is 1.28. The lowest BCUT2D eigenvalue weighted by Crippen LogP contribution is -2.44. The number of sulfonamides is 1. The zero-order valence-corrected chi connectivity index (χ0v) is 16.4. The molecule has 2 unspecified atom stereocenters. The minimum absolute atomic E-state index is 0.282. The Labute approximate surface area is 156 Å². The number of hydrogen-bond acceptors (Lipinski definition) is 4. The highest BCUT2D eigenvalue weighted by Crippen LogP contribution is 2.67. The number of hydrogen-bond donors (Lipinski definition) is 1. The van der Waals surface area contributed by atoms with E-state index in [1.807, 2.05) is 0 Å². The van der Waals surface area contributed by atoms with Crippen molar-refractivity contribution in [2.75, 3.05) is 25.9 Å². The number of rotatable bonds is 4. The van der Waals surface area contributed by atoms with Crippen molar-refractivity contribution in [1.82, 2.24) is 4.31 Å². The third kappa shape index (κ3) is 3.11. The van der Waals surface area contributed by atoms with E-state index in [-0.39, 0.29) is 4.90 Å². The van der Waals surface area contributed by atoms with E-state index in [0.29, 0.717) is 35.9 Å². The highest BCUT2D eigenvalue weighted by molar-refractivity contribution is 7.89. The molecule has 4 rings (SSSR count). The van der Waals surface area contributed by atoms with Gasteiger partial charge in [-0.15, -0.1) is 0 Å². The van der Waals surface area contributed by atoms with Crippen molar-refractivity contribution in [3.8, 4) is 5.75 Å². The Morgan fingerprint density at radius 2 is 1.96 bits per heavy atom. The highest BCUT2D eigenvalue weighted by Gasteiger charge is 2.57. The lowest BCUT2D eigenvalue weighted by Gasteiger charge is -2.45. The van der Waals surface area contributed by atoms with E-state index < -0.39 is 10.0 Å². The molecule has 0 amide bonds. The second kappa shape index (κ2) is 6.71. The van der Waals surface area contributed by atoms with E-state index in [9.17, 15) is 8.42 Å². The van der Waals surface area contributed by atoms with Gasteiger partial charge in [0.25, 0.3) is 0 Å². The van der Waals surface area contributed by atoms with E-state index in [1.54, 1.807) is 16.4 Å². The third-order valence-corrected chi connectivity index (χ3v) is 8.82. The molecule has 3 fully saturated rings. The van der Waals surface area contributed by atoms with Crippen LogP contribution in [0.5, 0.6) is 5.75 Å². The van der Waals surface area contributed by atoms with E-state index >= 15 is 0 Å². The zero-order chi connectivity index (χ0) is 18.4. The van der Waals surface area contributed by atoms with Crippen LogP contribution in [0.2, 0.25) is 0 Å². The van der Waals surface area contributed by atoms with Crippen molar-refractivity contribution >= 4 is 15.7 Å². The minimum Gasteiger partial charge on any atom is -0.495 e. The van der Waals surface area contributed by atoms with Crippen LogP contribution in [0.3, 0.4) is 0 Å². The number of nitrogen functional groups attached to an aromatic ring is 1. The zero-order valence-electron chi connectivity index (χ0n) is 15.6. The molecule has 1 aromatic rings. The summed E-state index contributed by atoms with van der Waals surface area (Å²) in [5.74, 6) is 1.76. The van der Waals surface area contributed by atoms with Gasteiger partial charge >= 0.3 is 0 Å². The normalized spacial score (nSPS) is 28.8. The first-order valence-corrected chi connectivity index (χ1v) is 11.3. The summed E-state index contributed by atoms with van der Waals surface area (Å²) in [6, 6.07) is 4.80. The molecule has 0 bridgehead atoms. The fourth-order valence-electron chi connectivity index (χ4n) is 5.12. The molecule has 5 nitrogen and oxygen atoms in total. The number of nitrogens with two attached hydrogens (primary N) is 1. The Kier molecular flexibility index (Phi) is 4.68. The molecule has 3 aliphatic rings. The molecule has 2 saturated carbocycles. The Bertz CT molecular complexity index is 773. The quantitative estimate of drug-likeness (QED) is 0.812. The largest absolute Gasteiger partial charge is 0.495 e. The standard InChI is InChI=1S/C20H30N2O3S/c1-25-19-7-6-16(13-18(19)21)26(23,24)22-12-4-2-3-5-15(14-22)17-8-9-20(17)10-11-20/h6-7,13,15,17H,2-5,8-12,14,21H2,1H3. The Morgan fingerprint density at radius 1 is 1.15 bits per heavy atom. The maximum Gasteiger partial charge on any atom is 0.243 e. The molecule has 26 heavy (non-hydrogen) atoms. The van der Waals surface area contributed by atoms with E-state index in [4.69, 9.17) is 10.5 Å². The fraction of sp³-hybridized carbons (Fsp3) is 0.700. The first kappa shape index (κ1) is 18.1. The molecule has 1 aromatic carbocycles. The minimum atomic E-state index is -3.52. The molecule has 144 valence electrons. The first-order chi connectivity index (χ1) is 12.5. The molecule has 1 saturated heterocycles. The van der Waals surface area contributed by atoms with Gasteiger partial charge in [0.1, 0.15) is 5.75 Å². The average Bonchev–Trinajstić information content (AvgIpc) is 3.38. The predicted molar refractivity (Wildman–Crippen MR) is 103 cm³/mol. The summed E-state index contributed by atoms with van der Waals surface area (Å²) < 4.78 is 33.5. The van der Waals surface area contributed by atoms with Gasteiger partial charge in [0.15, 0.2) is 0 Å². The van der Waals surface area contributed by atoms with Crippen molar-refractivity contribution < 1.29 is 13.2 Å². The Hall–Kier alpha value is -1.27. The molecule has 1 aliphatic heterocycles. The van der Waals surface area contributed by atoms with Gasteiger partial charge in [0.2, 0.25) is 10.0 Å². The number of ether oxygens (including phenoxy) is 1. The summed E-state index contributed by atoms with van der Waals surface area (Å²) in [5.41, 5.74) is 6.91. The number of methoxy groups -OCH3 is 1. The summed E-state index contributed by atoms with van der Waals surface area (Å²) in [7, 11) is -1.98. The van der Waals surface area contributed by atoms with Crippen LogP contribution in [0.25, 0.3) is 0 Å². The lowest BCUT2D eigenvalue weighted by atomic mass is 9.63. The van der Waals surface area contributed by atoms with Crippen molar-refractivity contribution in [2.24, 2.45) is 17.3 Å². The molecule has 1 spiro atoms. The van der Waals surface area contributed by atoms with Crippen LogP contribution < -0.4 is 10.5 Å². The van der Waals surface area contributed by atoms with Crippen molar-refractivity contribution in [1.29, 1.82) is 0 Å². The van der Waals surface area contributed by atoms with Gasteiger partial charge in [-0.05, 0) is 74.0 Å². The molecular weight excluding hydrogens is 348 g/mol. The van der Waals surface area contributed by atoms with E-state index in [2.05, 4.69) is 0 Å². The summed E-state index contributed by atoms with van der Waals surface area (Å²) in [6.07, 6.45) is 9.82. The van der Waals surface area contributed by atoms with Crippen LogP contribution in [-0.4, -0.2) is 32.9 Å². The second-order valence-electron chi connectivity index (χ2n) is 8.38. The lowest BCUT2D eigenvalue weighted by molar-refractivity contribution is 0.0587. The summed E-state index contributed by atoms with van der Waals surface area (Å²) in [4.78, 5) is 0.282. The van der Waals surface area contributed by atoms with Gasteiger partial charge in [-0.3, -0.25) is 0 Å². The molecule has 0 radical (unpaired) electrons. The van der Waals surface area contributed by atoms with Gasteiger partial charge in [-0.25, -0.2) is 8.42 Å². The average molecular weight is 379 g/mol. The summed E-state index contributed by atoms with van der Waals surface area (Å²) in [5, 5.41) is 0. The summed E-state index contributed by atoms with van der Waals surface area (Å²) >= 11 is 0. The van der Waals surface area contributed by atoms with Crippen LogP contribution in [0.4, 0.5) is 5.69 Å². The van der Waals surface area contributed by atoms with Crippen molar-refractivity contribution in [3.63, 3.8) is 0 Å². The molecule has 1 heterocycles. The topological polar surface area (TPSA) is 72.6 Å².